The molecule has 40 heavy (non-hydrogen) atoms. The Bertz CT molecular complexity index is 909. The molecule has 0 aromatic carbocycles. The van der Waals surface area contributed by atoms with Crippen LogP contribution in [0.1, 0.15) is 92.4 Å². The zero-order valence-corrected chi connectivity index (χ0v) is 25.1. The van der Waals surface area contributed by atoms with Gasteiger partial charge in [-0.1, -0.05) is 57.1 Å². The predicted octanol–water partition coefficient (Wildman–Crippen LogP) is 4.19. The molecule has 5 unspecified atom stereocenters. The predicted molar refractivity (Wildman–Crippen MR) is 154 cm³/mol. The number of ether oxygens (including phenoxy) is 2. The van der Waals surface area contributed by atoms with Gasteiger partial charge in [-0.2, -0.15) is 0 Å². The first-order valence-corrected chi connectivity index (χ1v) is 14.9. The molecule has 2 aliphatic heterocycles. The normalized spacial score (nSPS) is 40.0. The van der Waals surface area contributed by atoms with E-state index in [4.69, 9.17) is 9.47 Å². The van der Waals surface area contributed by atoms with Crippen LogP contribution >= 0.6 is 0 Å². The van der Waals surface area contributed by atoms with Gasteiger partial charge in [-0.15, -0.1) is 0 Å². The fraction of sp³-hybridized carbons (Fsp3) is 0.750. The third-order valence-corrected chi connectivity index (χ3v) is 8.21. The van der Waals surface area contributed by atoms with Gasteiger partial charge in [0.15, 0.2) is 5.78 Å². The first-order chi connectivity index (χ1) is 18.8. The number of rotatable bonds is 0. The Balaban J connectivity index is 2.04. The highest BCUT2D eigenvalue weighted by Crippen LogP contribution is 2.34. The van der Waals surface area contributed by atoms with Crippen molar-refractivity contribution < 1.29 is 39.5 Å². The molecule has 4 N–H and O–H groups in total. The fourth-order valence-corrected chi connectivity index (χ4v) is 5.44. The minimum atomic E-state index is -1.68. The summed E-state index contributed by atoms with van der Waals surface area (Å²) in [6, 6.07) is 0. The Labute approximate surface area is 240 Å². The lowest BCUT2D eigenvalue weighted by Crippen LogP contribution is -2.41. The number of hydrogen-bond acceptors (Lipinski definition) is 8. The molecule has 0 aromatic rings. The van der Waals surface area contributed by atoms with Crippen LogP contribution in [0, 0.1) is 17.8 Å². The SMILES string of the molecule is C=C1/C=C(\C)[C@@H](C)CC(O)CC(=O)C(O)C(O)C(C)C[C@@H](O)COC(=O)/C(C)=C/CCCC[C@@H]2O[C@H]2CC(C)C1. The number of aliphatic hydroxyl groups is 4. The van der Waals surface area contributed by atoms with Gasteiger partial charge in [0.05, 0.1) is 30.5 Å². The Morgan fingerprint density at radius 1 is 0.900 bits per heavy atom. The van der Waals surface area contributed by atoms with Crippen LogP contribution in [0.15, 0.2) is 35.5 Å². The van der Waals surface area contributed by atoms with Gasteiger partial charge in [0.25, 0.3) is 0 Å². The second kappa shape index (κ2) is 16.6. The number of epoxide rings is 1. The van der Waals surface area contributed by atoms with Crippen molar-refractivity contribution in [2.75, 3.05) is 6.61 Å². The van der Waals surface area contributed by atoms with E-state index in [2.05, 4.69) is 19.6 Å². The minimum absolute atomic E-state index is 0.00520. The summed E-state index contributed by atoms with van der Waals surface area (Å²) in [5.41, 5.74) is 2.56. The van der Waals surface area contributed by atoms with Crippen molar-refractivity contribution in [3.05, 3.63) is 35.5 Å². The standard InChI is InChI=1S/C32H52O8/c1-19-12-20(2)14-29-28(40-29)11-9-7-8-10-21(3)32(38)39-18-26(34)16-24(6)30(36)31(37)27(35)17-25(33)15-23(5)22(4)13-19/h10,13,20,23-26,28-31,33-34,36-37H,1,7-9,11-12,14-18H2,2-6H3/b21-10+,22-13+/t20?,23-,24?,25?,26+,28-,29-,30?,31?/m0/s1. The van der Waals surface area contributed by atoms with Crippen molar-refractivity contribution in [2.24, 2.45) is 17.8 Å². The number of carbonyl (C=O) groups is 2. The molecule has 228 valence electrons. The first kappa shape index (κ1) is 34.4. The molecule has 1 saturated heterocycles. The molecule has 0 aromatic heterocycles. The molecule has 9 atom stereocenters. The Morgan fingerprint density at radius 2 is 1.60 bits per heavy atom. The van der Waals surface area contributed by atoms with Crippen LogP contribution in [-0.4, -0.2) is 75.4 Å². The number of allylic oxidation sites excluding steroid dienone is 4. The van der Waals surface area contributed by atoms with E-state index in [-0.39, 0.29) is 31.5 Å². The minimum Gasteiger partial charge on any atom is -0.460 e. The molecular formula is C32H52O8. The van der Waals surface area contributed by atoms with Crippen molar-refractivity contribution >= 4 is 11.8 Å². The molecule has 8 heteroatoms. The van der Waals surface area contributed by atoms with Gasteiger partial charge >= 0.3 is 5.97 Å². The number of hydrogen-bond donors (Lipinski definition) is 4. The third kappa shape index (κ3) is 12.0. The van der Waals surface area contributed by atoms with E-state index in [0.29, 0.717) is 24.0 Å². The number of ketones is 1. The highest BCUT2D eigenvalue weighted by molar-refractivity contribution is 5.87. The number of carbonyl (C=O) groups excluding carboxylic acids is 2. The maximum atomic E-state index is 12.6. The van der Waals surface area contributed by atoms with Crippen molar-refractivity contribution in [3.8, 4) is 0 Å². The number of aliphatic hydroxyl groups excluding tert-OH is 4. The summed E-state index contributed by atoms with van der Waals surface area (Å²) in [5, 5.41) is 41.8. The van der Waals surface area contributed by atoms with Gasteiger partial charge < -0.3 is 29.9 Å². The van der Waals surface area contributed by atoms with E-state index in [1.807, 2.05) is 19.9 Å². The smallest absolute Gasteiger partial charge is 0.333 e. The monoisotopic (exact) mass is 564 g/mol. The molecule has 0 bridgehead atoms. The van der Waals surface area contributed by atoms with E-state index < -0.39 is 42.1 Å². The van der Waals surface area contributed by atoms with Crippen molar-refractivity contribution in [1.82, 2.24) is 0 Å². The molecule has 0 radical (unpaired) electrons. The molecule has 2 heterocycles. The second-order valence-corrected chi connectivity index (χ2v) is 12.3. The maximum Gasteiger partial charge on any atom is 0.333 e. The van der Waals surface area contributed by atoms with Crippen molar-refractivity contribution in [3.63, 3.8) is 0 Å². The molecule has 2 aliphatic rings. The zero-order valence-electron chi connectivity index (χ0n) is 25.1. The van der Waals surface area contributed by atoms with Gasteiger partial charge in [-0.05, 0) is 76.5 Å². The summed E-state index contributed by atoms with van der Waals surface area (Å²) in [6.07, 6.45) is 5.00. The van der Waals surface area contributed by atoms with E-state index >= 15 is 0 Å². The topological polar surface area (TPSA) is 137 Å². The number of fused-ring (bicyclic) bond motifs is 1. The molecule has 0 saturated carbocycles. The Kier molecular flexibility index (Phi) is 14.2. The summed E-state index contributed by atoms with van der Waals surface area (Å²) in [4.78, 5) is 24.9. The quantitative estimate of drug-likeness (QED) is 0.254. The average Bonchev–Trinajstić information content (AvgIpc) is 3.61. The molecule has 0 spiro atoms. The summed E-state index contributed by atoms with van der Waals surface area (Å²) < 4.78 is 11.1. The first-order valence-electron chi connectivity index (χ1n) is 14.9. The Hall–Kier alpha value is -1.84. The average molecular weight is 565 g/mol. The van der Waals surface area contributed by atoms with Gasteiger partial charge in [0.2, 0.25) is 0 Å². The number of esters is 1. The Morgan fingerprint density at radius 3 is 2.30 bits per heavy atom. The lowest BCUT2D eigenvalue weighted by atomic mass is 9.88. The maximum absolute atomic E-state index is 12.6. The summed E-state index contributed by atoms with van der Waals surface area (Å²) in [6.45, 7) is 13.4. The molecular weight excluding hydrogens is 512 g/mol. The lowest BCUT2D eigenvalue weighted by molar-refractivity contribution is -0.143. The molecule has 0 amide bonds. The van der Waals surface area contributed by atoms with Crippen LogP contribution < -0.4 is 0 Å². The van der Waals surface area contributed by atoms with E-state index in [9.17, 15) is 30.0 Å². The van der Waals surface area contributed by atoms with Gasteiger partial charge in [0.1, 0.15) is 12.7 Å². The fourth-order valence-electron chi connectivity index (χ4n) is 5.44. The molecule has 8 nitrogen and oxygen atoms in total. The highest BCUT2D eigenvalue weighted by Gasteiger charge is 2.38. The number of cyclic esters (lactones) is 1. The van der Waals surface area contributed by atoms with Gasteiger partial charge in [-0.3, -0.25) is 4.79 Å². The van der Waals surface area contributed by atoms with E-state index in [1.165, 1.54) is 0 Å². The zero-order chi connectivity index (χ0) is 30.0. The van der Waals surface area contributed by atoms with Crippen LogP contribution in [0.2, 0.25) is 0 Å². The van der Waals surface area contributed by atoms with Crippen LogP contribution in [0.3, 0.4) is 0 Å². The largest absolute Gasteiger partial charge is 0.460 e. The van der Waals surface area contributed by atoms with Crippen molar-refractivity contribution in [1.29, 1.82) is 0 Å². The number of Topliss-reactive ketones (excluding diaryl/α,β-unsaturated/α-hetero) is 1. The van der Waals surface area contributed by atoms with Crippen LogP contribution in [0.5, 0.6) is 0 Å². The molecule has 0 aliphatic carbocycles. The summed E-state index contributed by atoms with van der Waals surface area (Å²) in [5.74, 6) is -1.37. The van der Waals surface area contributed by atoms with Crippen LogP contribution in [0.25, 0.3) is 0 Å². The van der Waals surface area contributed by atoms with Crippen LogP contribution in [-0.2, 0) is 19.1 Å². The lowest BCUT2D eigenvalue weighted by Gasteiger charge is -2.26. The summed E-state index contributed by atoms with van der Waals surface area (Å²) >= 11 is 0. The van der Waals surface area contributed by atoms with E-state index in [0.717, 1.165) is 49.7 Å². The molecule has 1 fully saturated rings. The van der Waals surface area contributed by atoms with Crippen molar-refractivity contribution in [2.45, 2.75) is 129 Å². The van der Waals surface area contributed by atoms with Crippen LogP contribution in [0.4, 0.5) is 0 Å². The van der Waals surface area contributed by atoms with Gasteiger partial charge in [-0.25, -0.2) is 4.79 Å². The highest BCUT2D eigenvalue weighted by atomic mass is 16.6. The summed E-state index contributed by atoms with van der Waals surface area (Å²) in [7, 11) is 0. The van der Waals surface area contributed by atoms with Gasteiger partial charge in [0, 0.05) is 12.0 Å². The molecule has 2 rings (SSSR count). The third-order valence-electron chi connectivity index (χ3n) is 8.21. The van der Waals surface area contributed by atoms with E-state index in [1.54, 1.807) is 13.8 Å². The second-order valence-electron chi connectivity index (χ2n) is 12.3.